The molecule has 0 saturated heterocycles. The first-order valence-electron chi connectivity index (χ1n) is 7.84. The number of rotatable bonds is 8. The van der Waals surface area contributed by atoms with Crippen molar-refractivity contribution in [2.45, 2.75) is 32.9 Å². The number of hydrogen-bond acceptors (Lipinski definition) is 4. The molecule has 0 fully saturated rings. The van der Waals surface area contributed by atoms with E-state index in [1.807, 2.05) is 0 Å². The van der Waals surface area contributed by atoms with Gasteiger partial charge in [-0.3, -0.25) is 14.2 Å². The molecule has 1 rings (SSSR count). The summed E-state index contributed by atoms with van der Waals surface area (Å²) in [6.07, 6.45) is 0.617. The fourth-order valence-corrected chi connectivity index (χ4v) is 3.00. The Labute approximate surface area is 152 Å². The van der Waals surface area contributed by atoms with Crippen LogP contribution < -0.4 is 5.32 Å². The van der Waals surface area contributed by atoms with Gasteiger partial charge in [0.2, 0.25) is 0 Å². The van der Waals surface area contributed by atoms with Crippen molar-refractivity contribution >= 4 is 19.3 Å². The van der Waals surface area contributed by atoms with Crippen molar-refractivity contribution in [1.29, 1.82) is 0 Å². The number of ketones is 1. The average Bonchev–Trinajstić information content (AvgIpc) is 2.50. The summed E-state index contributed by atoms with van der Waals surface area (Å²) < 4.78 is 29.7. The van der Waals surface area contributed by atoms with Gasteiger partial charge in [-0.05, 0) is 50.6 Å². The molecule has 0 radical (unpaired) electrons. The maximum absolute atomic E-state index is 13.0. The Bertz CT molecular complexity index is 766. The number of hydrogen-bond donors (Lipinski definition) is 2. The lowest BCUT2D eigenvalue weighted by Gasteiger charge is -2.27. The molecule has 142 valence electrons. The molecule has 3 unspecified atom stereocenters. The van der Waals surface area contributed by atoms with Gasteiger partial charge in [0, 0.05) is 17.8 Å². The van der Waals surface area contributed by atoms with Crippen molar-refractivity contribution < 1.29 is 28.0 Å². The Morgan fingerprint density at radius 1 is 1.31 bits per heavy atom. The molecule has 0 aliphatic rings. The molecule has 1 aromatic carbocycles. The summed E-state index contributed by atoms with van der Waals surface area (Å²) in [6.45, 7) is 9.19. The lowest BCUT2D eigenvalue weighted by atomic mass is 10.00. The number of nitrogens with one attached hydrogen (secondary N) is 1. The lowest BCUT2D eigenvalue weighted by Crippen LogP contribution is -2.43. The Morgan fingerprint density at radius 3 is 2.31 bits per heavy atom. The third-order valence-corrected chi connectivity index (χ3v) is 4.29. The molecular weight excluding hydrogens is 360 g/mol. The van der Waals surface area contributed by atoms with Gasteiger partial charge in [0.25, 0.3) is 5.91 Å². The van der Waals surface area contributed by atoms with Crippen LogP contribution in [0.15, 0.2) is 48.1 Å². The van der Waals surface area contributed by atoms with Crippen molar-refractivity contribution in [3.8, 4) is 0 Å². The minimum atomic E-state index is -3.81. The van der Waals surface area contributed by atoms with Crippen LogP contribution in [0.2, 0.25) is 0 Å². The van der Waals surface area contributed by atoms with Crippen LogP contribution in [-0.4, -0.2) is 35.4 Å². The highest BCUT2D eigenvalue weighted by atomic mass is 31.2. The van der Waals surface area contributed by atoms with Crippen LogP contribution in [0.4, 0.5) is 4.39 Å². The second kappa shape index (κ2) is 9.03. The van der Waals surface area contributed by atoms with Crippen molar-refractivity contribution in [3.63, 3.8) is 0 Å². The minimum absolute atomic E-state index is 0.213. The summed E-state index contributed by atoms with van der Waals surface area (Å²) in [4.78, 5) is 33.3. The minimum Gasteiger partial charge on any atom is -0.343 e. The fourth-order valence-electron chi connectivity index (χ4n) is 2.26. The van der Waals surface area contributed by atoms with E-state index in [0.29, 0.717) is 5.57 Å². The van der Waals surface area contributed by atoms with E-state index >= 15 is 0 Å². The number of amides is 1. The molecule has 0 heterocycles. The molecule has 0 bridgehead atoms. The maximum Gasteiger partial charge on any atom is 0.325 e. The van der Waals surface area contributed by atoms with Crippen LogP contribution in [0.1, 0.15) is 31.1 Å². The van der Waals surface area contributed by atoms with Gasteiger partial charge in [-0.2, -0.15) is 0 Å². The Balaban J connectivity index is 3.12. The zero-order valence-electron chi connectivity index (χ0n) is 15.2. The van der Waals surface area contributed by atoms with Crippen LogP contribution in [0.25, 0.3) is 0 Å². The Kier molecular flexibility index (Phi) is 7.63. The highest BCUT2D eigenvalue weighted by molar-refractivity contribution is 7.51. The molecule has 1 aromatic rings. The molecule has 0 aliphatic heterocycles. The van der Waals surface area contributed by atoms with E-state index in [2.05, 4.69) is 11.9 Å². The second-order valence-corrected chi connectivity index (χ2v) is 7.86. The molecule has 1 amide bonds. The molecule has 2 N–H and O–H groups in total. The molecule has 3 atom stereocenters. The van der Waals surface area contributed by atoms with Crippen molar-refractivity contribution in [1.82, 2.24) is 5.32 Å². The molecule has 0 aromatic heterocycles. The summed E-state index contributed by atoms with van der Waals surface area (Å²) in [7, 11) is -3.81. The molecule has 0 aliphatic carbocycles. The first-order valence-corrected chi connectivity index (χ1v) is 9.86. The van der Waals surface area contributed by atoms with Crippen molar-refractivity contribution in [2.24, 2.45) is 0 Å². The molecule has 0 spiro atoms. The number of allylic oxidation sites excluding steroid dienone is 2. The van der Waals surface area contributed by atoms with Gasteiger partial charge < -0.3 is 14.7 Å². The SMILES string of the molecule is C=C(C=C(C)C(NC(=O)c1ccc(F)cc1)C(C)OP(C)(=O)O)C(C)=O. The third-order valence-electron chi connectivity index (χ3n) is 3.57. The zero-order valence-corrected chi connectivity index (χ0v) is 16.0. The van der Waals surface area contributed by atoms with Gasteiger partial charge in [0.15, 0.2) is 5.78 Å². The standard InChI is InChI=1S/C18H23FNO5P/c1-11(13(3)21)10-12(2)17(14(4)25-26(5,23)24)20-18(22)15-6-8-16(19)9-7-15/h6-10,14,17H,1H2,2-5H3,(H,20,22)(H,23,24). The highest BCUT2D eigenvalue weighted by Gasteiger charge is 2.27. The molecule has 6 nitrogen and oxygen atoms in total. The third kappa shape index (κ3) is 7.04. The molecule has 0 saturated carbocycles. The number of benzene rings is 1. The van der Waals surface area contributed by atoms with E-state index in [-0.39, 0.29) is 16.9 Å². The van der Waals surface area contributed by atoms with Crippen molar-refractivity contribution in [3.05, 3.63) is 59.4 Å². The van der Waals surface area contributed by atoms with E-state index in [0.717, 1.165) is 18.8 Å². The molecule has 8 heteroatoms. The van der Waals surface area contributed by atoms with Crippen LogP contribution in [0.3, 0.4) is 0 Å². The van der Waals surface area contributed by atoms with E-state index < -0.39 is 31.5 Å². The largest absolute Gasteiger partial charge is 0.343 e. The Hall–Kier alpha value is -2.08. The van der Waals surface area contributed by atoms with Gasteiger partial charge in [-0.15, -0.1) is 0 Å². The van der Waals surface area contributed by atoms with Crippen LogP contribution in [-0.2, 0) is 13.9 Å². The predicted molar refractivity (Wildman–Crippen MR) is 97.5 cm³/mol. The number of carbonyl (C=O) groups excluding carboxylic acids is 2. The fraction of sp³-hybridized carbons (Fsp3) is 0.333. The first-order chi connectivity index (χ1) is 11.9. The summed E-state index contributed by atoms with van der Waals surface area (Å²) in [5, 5.41) is 2.68. The maximum atomic E-state index is 13.0. The van der Waals surface area contributed by atoms with Gasteiger partial charge in [-0.25, -0.2) is 4.39 Å². The smallest absolute Gasteiger partial charge is 0.325 e. The monoisotopic (exact) mass is 383 g/mol. The van der Waals surface area contributed by atoms with Gasteiger partial charge in [0.1, 0.15) is 5.82 Å². The summed E-state index contributed by atoms with van der Waals surface area (Å²) in [5.41, 5.74) is 0.950. The van der Waals surface area contributed by atoms with Gasteiger partial charge in [-0.1, -0.05) is 12.7 Å². The Morgan fingerprint density at radius 2 is 1.85 bits per heavy atom. The van der Waals surface area contributed by atoms with Crippen LogP contribution in [0, 0.1) is 5.82 Å². The van der Waals surface area contributed by atoms with E-state index in [1.165, 1.54) is 32.1 Å². The van der Waals surface area contributed by atoms with Gasteiger partial charge in [0.05, 0.1) is 12.1 Å². The van der Waals surface area contributed by atoms with Gasteiger partial charge >= 0.3 is 7.60 Å². The topological polar surface area (TPSA) is 92.7 Å². The van der Waals surface area contributed by atoms with Crippen LogP contribution in [0.5, 0.6) is 0 Å². The van der Waals surface area contributed by atoms with E-state index in [4.69, 9.17) is 4.52 Å². The molecular formula is C18H23FNO5P. The number of carbonyl (C=O) groups is 2. The lowest BCUT2D eigenvalue weighted by molar-refractivity contribution is -0.113. The highest BCUT2D eigenvalue weighted by Crippen LogP contribution is 2.39. The average molecular weight is 383 g/mol. The quantitative estimate of drug-likeness (QED) is 0.408. The first kappa shape index (κ1) is 22.0. The number of Topliss-reactive ketones (excluding diaryl/α,β-unsaturated/α-hetero) is 1. The van der Waals surface area contributed by atoms with Crippen LogP contribution >= 0.6 is 7.60 Å². The predicted octanol–water partition coefficient (Wildman–Crippen LogP) is 3.24. The second-order valence-electron chi connectivity index (χ2n) is 6.04. The van der Waals surface area contributed by atoms with E-state index in [9.17, 15) is 23.4 Å². The normalized spacial score (nSPS) is 16.3. The summed E-state index contributed by atoms with van der Waals surface area (Å²) in [5.74, 6) is -1.24. The number of halogens is 1. The molecule has 26 heavy (non-hydrogen) atoms. The zero-order chi connectivity index (χ0) is 20.1. The van der Waals surface area contributed by atoms with Crippen molar-refractivity contribution in [2.75, 3.05) is 6.66 Å². The summed E-state index contributed by atoms with van der Waals surface area (Å²) >= 11 is 0. The van der Waals surface area contributed by atoms with E-state index in [1.54, 1.807) is 6.92 Å². The summed E-state index contributed by atoms with van der Waals surface area (Å²) in [6, 6.07) is 4.13.